The maximum absolute atomic E-state index is 11.5. The van der Waals surface area contributed by atoms with Gasteiger partial charge in [0.1, 0.15) is 12.7 Å². The summed E-state index contributed by atoms with van der Waals surface area (Å²) in [4.78, 5) is 39.9. The van der Waals surface area contributed by atoms with Gasteiger partial charge < -0.3 is 19.3 Å². The highest BCUT2D eigenvalue weighted by Gasteiger charge is 2.22. The first kappa shape index (κ1) is 23.1. The number of carbonyl (C=O) groups excluding carboxylic acids is 2. The van der Waals surface area contributed by atoms with Gasteiger partial charge >= 0.3 is 19.8 Å². The number of esters is 2. The summed E-state index contributed by atoms with van der Waals surface area (Å²) in [5.41, 5.74) is 0. The SMILES string of the molecule is CCC(COC(=O)CCCCCCCCC(=O)OC)OP(=O)(O)O. The Kier molecular flexibility index (Phi) is 12.8. The van der Waals surface area contributed by atoms with Crippen molar-refractivity contribution in [2.75, 3.05) is 13.7 Å². The molecular formula is C15H29O8P. The quantitative estimate of drug-likeness (QED) is 0.273. The van der Waals surface area contributed by atoms with Crippen LogP contribution in [0.1, 0.15) is 64.7 Å². The standard InChI is InChI=1S/C15H29O8P/c1-3-13(23-24(18,19)20)12-22-15(17)11-9-7-5-4-6-8-10-14(16)21-2/h13H,3-12H2,1-2H3,(H2,18,19,20). The average Bonchev–Trinajstić information content (AvgIpc) is 2.52. The molecule has 0 saturated heterocycles. The first-order valence-corrected chi connectivity index (χ1v) is 9.78. The highest BCUT2D eigenvalue weighted by atomic mass is 31.2. The number of phosphoric acid groups is 1. The molecule has 24 heavy (non-hydrogen) atoms. The largest absolute Gasteiger partial charge is 0.469 e. The van der Waals surface area contributed by atoms with Crippen LogP contribution in [0.2, 0.25) is 0 Å². The summed E-state index contributed by atoms with van der Waals surface area (Å²) in [6, 6.07) is 0. The Morgan fingerprint density at radius 3 is 1.92 bits per heavy atom. The van der Waals surface area contributed by atoms with Crippen molar-refractivity contribution in [3.05, 3.63) is 0 Å². The minimum absolute atomic E-state index is 0.159. The summed E-state index contributed by atoms with van der Waals surface area (Å²) in [7, 11) is -3.19. The predicted molar refractivity (Wildman–Crippen MR) is 87.1 cm³/mol. The van der Waals surface area contributed by atoms with Crippen molar-refractivity contribution in [3.8, 4) is 0 Å². The van der Waals surface area contributed by atoms with Crippen molar-refractivity contribution in [2.45, 2.75) is 70.8 Å². The first-order chi connectivity index (χ1) is 11.3. The molecule has 0 aliphatic rings. The Labute approximate surface area is 143 Å². The topological polar surface area (TPSA) is 119 Å². The third-order valence-corrected chi connectivity index (χ3v) is 3.98. The highest BCUT2D eigenvalue weighted by Crippen LogP contribution is 2.38. The van der Waals surface area contributed by atoms with Crippen molar-refractivity contribution >= 4 is 19.8 Å². The Balaban J connectivity index is 3.59. The van der Waals surface area contributed by atoms with Gasteiger partial charge in [-0.25, -0.2) is 4.57 Å². The van der Waals surface area contributed by atoms with E-state index in [0.29, 0.717) is 19.3 Å². The molecule has 0 fully saturated rings. The lowest BCUT2D eigenvalue weighted by Crippen LogP contribution is -2.20. The van der Waals surface area contributed by atoms with Gasteiger partial charge in [0.05, 0.1) is 7.11 Å². The molecule has 0 saturated carbocycles. The fourth-order valence-electron chi connectivity index (χ4n) is 2.02. The summed E-state index contributed by atoms with van der Waals surface area (Å²) < 4.78 is 24.7. The second-order valence-corrected chi connectivity index (χ2v) is 6.70. The predicted octanol–water partition coefficient (Wildman–Crippen LogP) is 2.71. The molecule has 0 radical (unpaired) electrons. The summed E-state index contributed by atoms with van der Waals surface area (Å²) >= 11 is 0. The van der Waals surface area contributed by atoms with Crippen LogP contribution in [0.15, 0.2) is 0 Å². The molecule has 2 N–H and O–H groups in total. The molecule has 0 aliphatic carbocycles. The number of rotatable bonds is 14. The van der Waals surface area contributed by atoms with Crippen molar-refractivity contribution < 1.29 is 37.9 Å². The maximum atomic E-state index is 11.5. The zero-order valence-electron chi connectivity index (χ0n) is 14.4. The summed E-state index contributed by atoms with van der Waals surface area (Å²) in [6.45, 7) is 1.53. The molecule has 142 valence electrons. The number of methoxy groups -OCH3 is 1. The van der Waals surface area contributed by atoms with E-state index in [2.05, 4.69) is 9.26 Å². The van der Waals surface area contributed by atoms with E-state index in [1.165, 1.54) is 7.11 Å². The van der Waals surface area contributed by atoms with E-state index in [-0.39, 0.29) is 19.0 Å². The summed E-state index contributed by atoms with van der Waals surface area (Å²) in [5, 5.41) is 0. The van der Waals surface area contributed by atoms with Gasteiger partial charge in [0.2, 0.25) is 0 Å². The molecular weight excluding hydrogens is 339 g/mol. The van der Waals surface area contributed by atoms with Crippen LogP contribution in [0.25, 0.3) is 0 Å². The van der Waals surface area contributed by atoms with Crippen LogP contribution in [-0.4, -0.2) is 41.5 Å². The molecule has 0 spiro atoms. The molecule has 1 unspecified atom stereocenters. The minimum atomic E-state index is -4.57. The first-order valence-electron chi connectivity index (χ1n) is 8.24. The van der Waals surface area contributed by atoms with Gasteiger partial charge in [0, 0.05) is 12.8 Å². The molecule has 0 aliphatic heterocycles. The Morgan fingerprint density at radius 1 is 0.958 bits per heavy atom. The number of hydrogen-bond donors (Lipinski definition) is 2. The number of carbonyl (C=O) groups is 2. The number of hydrogen-bond acceptors (Lipinski definition) is 6. The van der Waals surface area contributed by atoms with Crippen LogP contribution in [-0.2, 0) is 28.2 Å². The van der Waals surface area contributed by atoms with Crippen molar-refractivity contribution in [3.63, 3.8) is 0 Å². The molecule has 9 heteroatoms. The molecule has 0 aromatic rings. The Morgan fingerprint density at radius 2 is 1.46 bits per heavy atom. The van der Waals surface area contributed by atoms with E-state index in [9.17, 15) is 14.2 Å². The van der Waals surface area contributed by atoms with Gasteiger partial charge in [0.15, 0.2) is 0 Å². The Hall–Kier alpha value is -0.950. The van der Waals surface area contributed by atoms with Crippen LogP contribution in [0.4, 0.5) is 0 Å². The highest BCUT2D eigenvalue weighted by molar-refractivity contribution is 7.46. The molecule has 0 bridgehead atoms. The molecule has 1 atom stereocenters. The molecule has 0 aromatic heterocycles. The van der Waals surface area contributed by atoms with Crippen molar-refractivity contribution in [1.82, 2.24) is 0 Å². The Bertz CT molecular complexity index is 406. The lowest BCUT2D eigenvalue weighted by molar-refractivity contribution is -0.146. The van der Waals surface area contributed by atoms with Gasteiger partial charge in [-0.1, -0.05) is 32.6 Å². The molecule has 8 nitrogen and oxygen atoms in total. The fraction of sp³-hybridized carbons (Fsp3) is 0.867. The lowest BCUT2D eigenvalue weighted by Gasteiger charge is -2.16. The van der Waals surface area contributed by atoms with Crippen LogP contribution in [0.3, 0.4) is 0 Å². The van der Waals surface area contributed by atoms with Crippen LogP contribution < -0.4 is 0 Å². The van der Waals surface area contributed by atoms with Gasteiger partial charge in [-0.05, 0) is 19.3 Å². The van der Waals surface area contributed by atoms with Crippen LogP contribution in [0, 0.1) is 0 Å². The second kappa shape index (κ2) is 13.4. The number of unbranched alkanes of at least 4 members (excludes halogenated alkanes) is 5. The van der Waals surface area contributed by atoms with Crippen molar-refractivity contribution in [1.29, 1.82) is 0 Å². The summed E-state index contributed by atoms with van der Waals surface area (Å²) in [5.74, 6) is -0.584. The van der Waals surface area contributed by atoms with E-state index in [4.69, 9.17) is 14.5 Å². The smallest absolute Gasteiger partial charge is 0.469 e. The van der Waals surface area contributed by atoms with Gasteiger partial charge in [-0.15, -0.1) is 0 Å². The molecule has 0 rings (SSSR count). The van der Waals surface area contributed by atoms with E-state index in [1.54, 1.807) is 6.92 Å². The van der Waals surface area contributed by atoms with Gasteiger partial charge in [-0.2, -0.15) is 0 Å². The van der Waals surface area contributed by atoms with E-state index in [1.807, 2.05) is 0 Å². The average molecular weight is 368 g/mol. The third kappa shape index (κ3) is 14.6. The van der Waals surface area contributed by atoms with Gasteiger partial charge in [-0.3, -0.25) is 14.1 Å². The fourth-order valence-corrected chi connectivity index (χ4v) is 2.62. The summed E-state index contributed by atoms with van der Waals surface area (Å²) in [6.07, 6.45) is 5.59. The lowest BCUT2D eigenvalue weighted by atomic mass is 10.1. The zero-order chi connectivity index (χ0) is 18.4. The number of ether oxygens (including phenoxy) is 2. The van der Waals surface area contributed by atoms with Crippen molar-refractivity contribution in [2.24, 2.45) is 0 Å². The number of phosphoric ester groups is 1. The van der Waals surface area contributed by atoms with Crippen LogP contribution in [0.5, 0.6) is 0 Å². The molecule has 0 amide bonds. The maximum Gasteiger partial charge on any atom is 0.469 e. The van der Waals surface area contributed by atoms with E-state index < -0.39 is 19.9 Å². The normalized spacial score (nSPS) is 12.7. The third-order valence-electron chi connectivity index (χ3n) is 3.41. The molecule has 0 heterocycles. The minimum Gasteiger partial charge on any atom is -0.469 e. The monoisotopic (exact) mass is 368 g/mol. The second-order valence-electron chi connectivity index (χ2n) is 5.51. The van der Waals surface area contributed by atoms with E-state index >= 15 is 0 Å². The van der Waals surface area contributed by atoms with Crippen LogP contribution >= 0.6 is 7.82 Å². The van der Waals surface area contributed by atoms with Gasteiger partial charge in [0.25, 0.3) is 0 Å². The zero-order valence-corrected chi connectivity index (χ0v) is 15.3. The molecule has 0 aromatic carbocycles. The van der Waals surface area contributed by atoms with E-state index in [0.717, 1.165) is 32.1 Å².